The summed E-state index contributed by atoms with van der Waals surface area (Å²) < 4.78 is 11.7. The Hall–Kier alpha value is -2.22. The summed E-state index contributed by atoms with van der Waals surface area (Å²) in [6.07, 6.45) is 0.952. The minimum Gasteiger partial charge on any atom is -0.378 e. The van der Waals surface area contributed by atoms with Gasteiger partial charge in [-0.15, -0.1) is 0 Å². The third kappa shape index (κ3) is 3.12. The molecule has 3 heterocycles. The van der Waals surface area contributed by atoms with Crippen LogP contribution in [-0.2, 0) is 16.1 Å². The van der Waals surface area contributed by atoms with Crippen molar-refractivity contribution in [2.24, 2.45) is 0 Å². The molecule has 23 heavy (non-hydrogen) atoms. The molecule has 1 aliphatic rings. The van der Waals surface area contributed by atoms with Gasteiger partial charge in [-0.3, -0.25) is 9.59 Å². The van der Waals surface area contributed by atoms with Gasteiger partial charge in [-0.25, -0.2) is 4.68 Å². The number of nitrogens with zero attached hydrogens (tertiary/aromatic N) is 4. The lowest BCUT2D eigenvalue weighted by molar-refractivity contribution is -0.135. The van der Waals surface area contributed by atoms with Gasteiger partial charge in [0, 0.05) is 26.1 Å². The molecular weight excluding hydrogens is 300 g/mol. The Bertz CT molecular complexity index is 774. The lowest BCUT2D eigenvalue weighted by Crippen LogP contribution is -2.40. The SMILES string of the molecule is Cc1nn(CCCC(=O)N2CCOCC2)c(=O)c2noc(C)c12. The molecule has 8 heteroatoms. The molecule has 2 aromatic heterocycles. The molecular formula is C15H20N4O4. The zero-order valence-corrected chi connectivity index (χ0v) is 13.4. The number of carbonyl (C=O) groups excluding carboxylic acids is 1. The van der Waals surface area contributed by atoms with Crippen LogP contribution in [0.4, 0.5) is 0 Å². The second-order valence-corrected chi connectivity index (χ2v) is 5.67. The van der Waals surface area contributed by atoms with E-state index < -0.39 is 0 Å². The summed E-state index contributed by atoms with van der Waals surface area (Å²) >= 11 is 0. The number of hydrogen-bond donors (Lipinski definition) is 0. The molecule has 8 nitrogen and oxygen atoms in total. The average Bonchev–Trinajstić information content (AvgIpc) is 2.95. The molecule has 0 aliphatic carbocycles. The number of fused-ring (bicyclic) bond motifs is 1. The maximum absolute atomic E-state index is 12.3. The molecule has 124 valence electrons. The Balaban J connectivity index is 1.66. The lowest BCUT2D eigenvalue weighted by atomic mass is 10.2. The fraction of sp³-hybridized carbons (Fsp3) is 0.600. The molecule has 1 amide bonds. The Morgan fingerprint density at radius 3 is 2.74 bits per heavy atom. The van der Waals surface area contributed by atoms with Crippen molar-refractivity contribution >= 4 is 16.8 Å². The Morgan fingerprint density at radius 1 is 1.26 bits per heavy atom. The Labute approximate surface area is 133 Å². The van der Waals surface area contributed by atoms with E-state index in [0.29, 0.717) is 68.0 Å². The predicted octanol–water partition coefficient (Wildman–Crippen LogP) is 0.640. The largest absolute Gasteiger partial charge is 0.378 e. The molecule has 2 aromatic rings. The molecule has 0 atom stereocenters. The highest BCUT2D eigenvalue weighted by Crippen LogP contribution is 2.16. The van der Waals surface area contributed by atoms with Gasteiger partial charge in [-0.1, -0.05) is 5.16 Å². The number of hydrogen-bond acceptors (Lipinski definition) is 6. The Morgan fingerprint density at radius 2 is 2.00 bits per heavy atom. The predicted molar refractivity (Wildman–Crippen MR) is 82.2 cm³/mol. The topological polar surface area (TPSA) is 90.5 Å². The van der Waals surface area contributed by atoms with Crippen LogP contribution in [0.5, 0.6) is 0 Å². The number of aromatic nitrogens is 3. The summed E-state index contributed by atoms with van der Waals surface area (Å²) in [7, 11) is 0. The molecule has 0 aromatic carbocycles. The van der Waals surface area contributed by atoms with Crippen LogP contribution in [0, 0.1) is 13.8 Å². The monoisotopic (exact) mass is 320 g/mol. The van der Waals surface area contributed by atoms with E-state index in [1.807, 2.05) is 6.92 Å². The van der Waals surface area contributed by atoms with Gasteiger partial charge < -0.3 is 14.2 Å². The van der Waals surface area contributed by atoms with Crippen molar-refractivity contribution in [1.29, 1.82) is 0 Å². The summed E-state index contributed by atoms with van der Waals surface area (Å²) in [5, 5.41) is 8.80. The van der Waals surface area contributed by atoms with Crippen molar-refractivity contribution in [3.8, 4) is 0 Å². The first-order valence-electron chi connectivity index (χ1n) is 7.77. The van der Waals surface area contributed by atoms with E-state index in [-0.39, 0.29) is 11.5 Å². The third-order valence-electron chi connectivity index (χ3n) is 4.06. The maximum atomic E-state index is 12.3. The van der Waals surface area contributed by atoms with Crippen LogP contribution >= 0.6 is 0 Å². The van der Waals surface area contributed by atoms with Crippen LogP contribution < -0.4 is 5.56 Å². The molecule has 0 unspecified atom stereocenters. The molecule has 3 rings (SSSR count). The van der Waals surface area contributed by atoms with Crippen molar-refractivity contribution in [3.05, 3.63) is 21.8 Å². The maximum Gasteiger partial charge on any atom is 0.296 e. The molecule has 0 bridgehead atoms. The molecule has 0 N–H and O–H groups in total. The van der Waals surface area contributed by atoms with Crippen LogP contribution in [0.2, 0.25) is 0 Å². The number of amides is 1. The normalized spacial score (nSPS) is 15.3. The smallest absolute Gasteiger partial charge is 0.296 e. The van der Waals surface area contributed by atoms with Gasteiger partial charge >= 0.3 is 0 Å². The summed E-state index contributed by atoms with van der Waals surface area (Å²) in [5.74, 6) is 0.688. The molecule has 0 radical (unpaired) electrons. The van der Waals surface area contributed by atoms with E-state index in [9.17, 15) is 9.59 Å². The lowest BCUT2D eigenvalue weighted by Gasteiger charge is -2.26. The van der Waals surface area contributed by atoms with Crippen LogP contribution in [0.25, 0.3) is 10.9 Å². The average molecular weight is 320 g/mol. The highest BCUT2D eigenvalue weighted by atomic mass is 16.5. The summed E-state index contributed by atoms with van der Waals surface area (Å²) in [5.41, 5.74) is 0.730. The molecule has 1 fully saturated rings. The quantitative estimate of drug-likeness (QED) is 0.821. The second-order valence-electron chi connectivity index (χ2n) is 5.67. The van der Waals surface area contributed by atoms with E-state index in [4.69, 9.17) is 9.26 Å². The first kappa shape index (κ1) is 15.7. The van der Waals surface area contributed by atoms with Crippen molar-refractivity contribution in [2.75, 3.05) is 26.3 Å². The van der Waals surface area contributed by atoms with E-state index in [1.165, 1.54) is 4.68 Å². The van der Waals surface area contributed by atoms with E-state index in [2.05, 4.69) is 10.3 Å². The zero-order chi connectivity index (χ0) is 16.4. The number of aryl methyl sites for hydroxylation is 3. The standard InChI is InChI=1S/C15H20N4O4/c1-10-13-11(2)23-17-14(13)15(21)19(16-10)5-3-4-12(20)18-6-8-22-9-7-18/h3-9H2,1-2H3. The fourth-order valence-corrected chi connectivity index (χ4v) is 2.85. The third-order valence-corrected chi connectivity index (χ3v) is 4.06. The van der Waals surface area contributed by atoms with Crippen molar-refractivity contribution < 1.29 is 14.1 Å². The van der Waals surface area contributed by atoms with Gasteiger partial charge in [0.25, 0.3) is 5.56 Å². The number of ether oxygens (including phenoxy) is 1. The minimum absolute atomic E-state index is 0.0939. The van der Waals surface area contributed by atoms with Crippen LogP contribution in [0.3, 0.4) is 0 Å². The summed E-state index contributed by atoms with van der Waals surface area (Å²) in [6, 6.07) is 0. The van der Waals surface area contributed by atoms with Crippen LogP contribution in [0.1, 0.15) is 24.3 Å². The van der Waals surface area contributed by atoms with Crippen molar-refractivity contribution in [1.82, 2.24) is 19.8 Å². The van der Waals surface area contributed by atoms with Gasteiger partial charge in [0.15, 0.2) is 5.52 Å². The molecule has 1 saturated heterocycles. The Kier molecular flexibility index (Phi) is 4.42. The van der Waals surface area contributed by atoms with Crippen LogP contribution in [0.15, 0.2) is 9.32 Å². The minimum atomic E-state index is -0.277. The zero-order valence-electron chi connectivity index (χ0n) is 13.4. The van der Waals surface area contributed by atoms with Crippen molar-refractivity contribution in [3.63, 3.8) is 0 Å². The van der Waals surface area contributed by atoms with E-state index in [1.54, 1.807) is 11.8 Å². The number of rotatable bonds is 4. The number of carbonyl (C=O) groups is 1. The van der Waals surface area contributed by atoms with Gasteiger partial charge in [-0.2, -0.15) is 5.10 Å². The van der Waals surface area contributed by atoms with Gasteiger partial charge in [0.05, 0.1) is 24.3 Å². The van der Waals surface area contributed by atoms with Crippen LogP contribution in [-0.4, -0.2) is 52.0 Å². The highest BCUT2D eigenvalue weighted by Gasteiger charge is 2.18. The fourth-order valence-electron chi connectivity index (χ4n) is 2.85. The first-order valence-corrected chi connectivity index (χ1v) is 7.77. The van der Waals surface area contributed by atoms with E-state index in [0.717, 1.165) is 0 Å². The molecule has 0 saturated carbocycles. The first-order chi connectivity index (χ1) is 11.1. The second kappa shape index (κ2) is 6.49. The van der Waals surface area contributed by atoms with E-state index >= 15 is 0 Å². The van der Waals surface area contributed by atoms with Gasteiger partial charge in [0.1, 0.15) is 5.76 Å². The summed E-state index contributed by atoms with van der Waals surface area (Å²) in [6.45, 7) is 6.43. The van der Waals surface area contributed by atoms with Crippen molar-refractivity contribution in [2.45, 2.75) is 33.2 Å². The van der Waals surface area contributed by atoms with Gasteiger partial charge in [-0.05, 0) is 20.3 Å². The van der Waals surface area contributed by atoms with Gasteiger partial charge in [0.2, 0.25) is 5.91 Å². The molecule has 1 aliphatic heterocycles. The highest BCUT2D eigenvalue weighted by molar-refractivity contribution is 5.81. The summed E-state index contributed by atoms with van der Waals surface area (Å²) in [4.78, 5) is 26.2. The molecule has 0 spiro atoms. The number of morpholine rings is 1.